The Labute approximate surface area is 121 Å². The highest BCUT2D eigenvalue weighted by atomic mass is 32.2. The highest BCUT2D eigenvalue weighted by molar-refractivity contribution is 7.89. The number of amides is 1. The van der Waals surface area contributed by atoms with E-state index in [1.165, 1.54) is 6.92 Å². The van der Waals surface area contributed by atoms with Gasteiger partial charge in [-0.3, -0.25) is 4.79 Å². The van der Waals surface area contributed by atoms with Gasteiger partial charge in [0, 0.05) is 26.1 Å². The summed E-state index contributed by atoms with van der Waals surface area (Å²) in [5.74, 6) is -0.0601. The zero-order valence-electron chi connectivity index (χ0n) is 12.4. The quantitative estimate of drug-likeness (QED) is 0.866. The van der Waals surface area contributed by atoms with Crippen molar-refractivity contribution in [1.29, 1.82) is 0 Å². The van der Waals surface area contributed by atoms with Crippen LogP contribution in [0.1, 0.15) is 26.3 Å². The van der Waals surface area contributed by atoms with E-state index in [2.05, 4.69) is 4.72 Å². The van der Waals surface area contributed by atoms with E-state index in [0.29, 0.717) is 12.1 Å². The topological polar surface area (TPSA) is 66.5 Å². The van der Waals surface area contributed by atoms with Crippen molar-refractivity contribution in [3.8, 4) is 0 Å². The lowest BCUT2D eigenvalue weighted by Gasteiger charge is -2.25. The van der Waals surface area contributed by atoms with Crippen molar-refractivity contribution in [3.05, 3.63) is 29.8 Å². The highest BCUT2D eigenvalue weighted by Crippen LogP contribution is 2.13. The van der Waals surface area contributed by atoms with Crippen molar-refractivity contribution in [2.45, 2.75) is 38.6 Å². The average molecular weight is 298 g/mol. The van der Waals surface area contributed by atoms with E-state index in [0.717, 1.165) is 0 Å². The molecule has 20 heavy (non-hydrogen) atoms. The van der Waals surface area contributed by atoms with Gasteiger partial charge >= 0.3 is 0 Å². The van der Waals surface area contributed by atoms with Gasteiger partial charge in [0.25, 0.3) is 0 Å². The van der Waals surface area contributed by atoms with Crippen LogP contribution in [0, 0.1) is 6.92 Å². The second-order valence-corrected chi connectivity index (χ2v) is 6.70. The van der Waals surface area contributed by atoms with Crippen molar-refractivity contribution in [1.82, 2.24) is 9.62 Å². The zero-order chi connectivity index (χ0) is 15.3. The molecule has 0 heterocycles. The number of benzene rings is 1. The second-order valence-electron chi connectivity index (χ2n) is 4.97. The first-order chi connectivity index (χ1) is 9.25. The number of rotatable bonds is 6. The van der Waals surface area contributed by atoms with Crippen LogP contribution >= 0.6 is 0 Å². The van der Waals surface area contributed by atoms with Crippen LogP contribution in [-0.4, -0.2) is 38.4 Å². The summed E-state index contributed by atoms with van der Waals surface area (Å²) in [4.78, 5) is 13.3. The number of carbonyl (C=O) groups excluding carboxylic acids is 1. The number of hydrogen-bond acceptors (Lipinski definition) is 3. The Morgan fingerprint density at radius 1 is 1.30 bits per heavy atom. The minimum atomic E-state index is -3.53. The Hall–Kier alpha value is -1.40. The summed E-state index contributed by atoms with van der Waals surface area (Å²) in [5.41, 5.74) is 0.701. The van der Waals surface area contributed by atoms with Gasteiger partial charge in [0.15, 0.2) is 0 Å². The molecule has 6 heteroatoms. The van der Waals surface area contributed by atoms with E-state index < -0.39 is 10.0 Å². The molecule has 0 aliphatic rings. The monoisotopic (exact) mass is 298 g/mol. The first kappa shape index (κ1) is 16.7. The Morgan fingerprint density at radius 3 is 2.40 bits per heavy atom. The third-order valence-electron chi connectivity index (χ3n) is 3.06. The summed E-state index contributed by atoms with van der Waals surface area (Å²) in [5, 5.41) is 0. The van der Waals surface area contributed by atoms with Gasteiger partial charge in [0.1, 0.15) is 0 Å². The second kappa shape index (κ2) is 6.85. The van der Waals surface area contributed by atoms with Crippen LogP contribution in [0.2, 0.25) is 0 Å². The molecule has 112 valence electrons. The minimum Gasteiger partial charge on any atom is -0.339 e. The van der Waals surface area contributed by atoms with E-state index in [1.807, 2.05) is 13.8 Å². The number of carbonyl (C=O) groups is 1. The first-order valence-corrected chi connectivity index (χ1v) is 8.06. The van der Waals surface area contributed by atoms with Gasteiger partial charge in [-0.1, -0.05) is 18.2 Å². The molecular formula is C14H22N2O3S. The van der Waals surface area contributed by atoms with Crippen LogP contribution < -0.4 is 4.72 Å². The molecular weight excluding hydrogens is 276 g/mol. The van der Waals surface area contributed by atoms with Crippen LogP contribution in [0.25, 0.3) is 0 Å². The lowest BCUT2D eigenvalue weighted by Crippen LogP contribution is -2.41. The first-order valence-electron chi connectivity index (χ1n) is 6.58. The van der Waals surface area contributed by atoms with E-state index in [9.17, 15) is 13.2 Å². The van der Waals surface area contributed by atoms with Gasteiger partial charge < -0.3 is 4.90 Å². The van der Waals surface area contributed by atoms with Crippen molar-refractivity contribution in [3.63, 3.8) is 0 Å². The Kier molecular flexibility index (Phi) is 5.71. The predicted octanol–water partition coefficient (Wildman–Crippen LogP) is 1.53. The van der Waals surface area contributed by atoms with Crippen molar-refractivity contribution >= 4 is 15.9 Å². The van der Waals surface area contributed by atoms with Gasteiger partial charge in [-0.2, -0.15) is 0 Å². The van der Waals surface area contributed by atoms with Gasteiger partial charge in [0.05, 0.1) is 4.90 Å². The third-order valence-corrected chi connectivity index (χ3v) is 4.68. The number of nitrogens with zero attached hydrogens (tertiary/aromatic N) is 1. The molecule has 1 amide bonds. The van der Waals surface area contributed by atoms with Crippen LogP contribution in [0.4, 0.5) is 0 Å². The molecule has 0 saturated heterocycles. The molecule has 1 aromatic rings. The van der Waals surface area contributed by atoms with Crippen LogP contribution in [-0.2, 0) is 14.8 Å². The number of nitrogens with one attached hydrogen (secondary N) is 1. The van der Waals surface area contributed by atoms with E-state index >= 15 is 0 Å². The summed E-state index contributed by atoms with van der Waals surface area (Å²) < 4.78 is 26.9. The lowest BCUT2D eigenvalue weighted by molar-refractivity contribution is -0.130. The molecule has 1 N–H and O–H groups in total. The predicted molar refractivity (Wildman–Crippen MR) is 78.9 cm³/mol. The van der Waals surface area contributed by atoms with E-state index in [4.69, 9.17) is 0 Å². The Morgan fingerprint density at radius 2 is 1.90 bits per heavy atom. The number of aryl methyl sites for hydroxylation is 1. The summed E-state index contributed by atoms with van der Waals surface area (Å²) in [6, 6.07) is 6.87. The molecule has 0 radical (unpaired) electrons. The Bertz CT molecular complexity index is 568. The van der Waals surface area contributed by atoms with Crippen molar-refractivity contribution in [2.75, 3.05) is 13.1 Å². The van der Waals surface area contributed by atoms with Crippen LogP contribution in [0.15, 0.2) is 29.2 Å². The van der Waals surface area contributed by atoms with E-state index in [1.54, 1.807) is 36.1 Å². The maximum absolute atomic E-state index is 12.2. The average Bonchev–Trinajstić information content (AvgIpc) is 2.34. The molecule has 0 aliphatic carbocycles. The normalized spacial score (nSPS) is 11.7. The standard InChI is InChI=1S/C14H22N2O3S/c1-11(2)16(13(4)17)10-9-15-20(18,19)14-8-6-5-7-12(14)3/h5-8,11,15H,9-10H2,1-4H3. The summed E-state index contributed by atoms with van der Waals surface area (Å²) >= 11 is 0. The number of sulfonamides is 1. The summed E-state index contributed by atoms with van der Waals surface area (Å²) in [6.07, 6.45) is 0. The maximum atomic E-state index is 12.2. The SMILES string of the molecule is CC(=O)N(CCNS(=O)(=O)c1ccccc1C)C(C)C. The lowest BCUT2D eigenvalue weighted by atomic mass is 10.2. The molecule has 0 bridgehead atoms. The summed E-state index contributed by atoms with van der Waals surface area (Å²) in [7, 11) is -3.53. The molecule has 0 atom stereocenters. The molecule has 5 nitrogen and oxygen atoms in total. The van der Waals surface area contributed by atoms with Gasteiger partial charge in [-0.25, -0.2) is 13.1 Å². The molecule has 0 unspecified atom stereocenters. The number of hydrogen-bond donors (Lipinski definition) is 1. The fraction of sp³-hybridized carbons (Fsp3) is 0.500. The summed E-state index contributed by atoms with van der Waals surface area (Å²) in [6.45, 7) is 7.60. The molecule has 0 saturated carbocycles. The molecule has 1 rings (SSSR count). The third kappa shape index (κ3) is 4.31. The maximum Gasteiger partial charge on any atom is 0.240 e. The molecule has 1 aromatic carbocycles. The highest BCUT2D eigenvalue weighted by Gasteiger charge is 2.17. The molecule has 0 aromatic heterocycles. The fourth-order valence-electron chi connectivity index (χ4n) is 2.02. The Balaban J connectivity index is 2.70. The van der Waals surface area contributed by atoms with Crippen molar-refractivity contribution in [2.24, 2.45) is 0 Å². The molecule has 0 spiro atoms. The van der Waals surface area contributed by atoms with Crippen LogP contribution in [0.3, 0.4) is 0 Å². The van der Waals surface area contributed by atoms with E-state index in [-0.39, 0.29) is 23.4 Å². The van der Waals surface area contributed by atoms with Crippen LogP contribution in [0.5, 0.6) is 0 Å². The molecule has 0 fully saturated rings. The fourth-order valence-corrected chi connectivity index (χ4v) is 3.28. The minimum absolute atomic E-state index is 0.0514. The van der Waals surface area contributed by atoms with Gasteiger partial charge in [0.2, 0.25) is 15.9 Å². The van der Waals surface area contributed by atoms with Gasteiger partial charge in [-0.15, -0.1) is 0 Å². The van der Waals surface area contributed by atoms with Crippen molar-refractivity contribution < 1.29 is 13.2 Å². The smallest absolute Gasteiger partial charge is 0.240 e. The molecule has 0 aliphatic heterocycles. The zero-order valence-corrected chi connectivity index (χ0v) is 13.2. The largest absolute Gasteiger partial charge is 0.339 e. The van der Waals surface area contributed by atoms with Gasteiger partial charge in [-0.05, 0) is 32.4 Å².